The number of carbonyl (C=O) groups excluding carboxylic acids is 1. The topological polar surface area (TPSA) is 46.5 Å². The van der Waals surface area contributed by atoms with E-state index in [4.69, 9.17) is 4.74 Å². The maximum absolute atomic E-state index is 11.7. The number of esters is 1. The van der Waals surface area contributed by atoms with E-state index in [0.717, 1.165) is 12.8 Å². The first kappa shape index (κ1) is 12.0. The predicted octanol–water partition coefficient (Wildman–Crippen LogP) is 2.21. The number of fused-ring (bicyclic) bond motifs is 3. The van der Waals surface area contributed by atoms with Crippen molar-refractivity contribution in [1.29, 1.82) is 0 Å². The summed E-state index contributed by atoms with van der Waals surface area (Å²) in [6.07, 6.45) is 4.18. The van der Waals surface area contributed by atoms with Crippen molar-refractivity contribution in [3.05, 3.63) is 23.8 Å². The van der Waals surface area contributed by atoms with Crippen molar-refractivity contribution in [2.45, 2.75) is 45.3 Å². The van der Waals surface area contributed by atoms with Gasteiger partial charge in [-0.05, 0) is 26.2 Å². The fourth-order valence-corrected chi connectivity index (χ4v) is 4.11. The van der Waals surface area contributed by atoms with E-state index in [0.29, 0.717) is 12.0 Å². The Hall–Kier alpha value is -1.09. The molecule has 0 amide bonds. The van der Waals surface area contributed by atoms with E-state index in [1.165, 1.54) is 5.57 Å². The van der Waals surface area contributed by atoms with Gasteiger partial charge < -0.3 is 9.84 Å². The van der Waals surface area contributed by atoms with E-state index in [1.807, 2.05) is 0 Å². The Kier molecular flexibility index (Phi) is 2.46. The van der Waals surface area contributed by atoms with Crippen LogP contribution in [0.1, 0.15) is 33.1 Å². The highest BCUT2D eigenvalue weighted by Gasteiger charge is 2.57. The zero-order valence-corrected chi connectivity index (χ0v) is 11.0. The summed E-state index contributed by atoms with van der Waals surface area (Å²) >= 11 is 0. The molecule has 18 heavy (non-hydrogen) atoms. The second-order valence-corrected chi connectivity index (χ2v) is 6.22. The first-order chi connectivity index (χ1) is 8.45. The third-order valence-corrected chi connectivity index (χ3v) is 5.30. The van der Waals surface area contributed by atoms with E-state index in [9.17, 15) is 9.90 Å². The van der Waals surface area contributed by atoms with Crippen LogP contribution >= 0.6 is 0 Å². The van der Waals surface area contributed by atoms with Gasteiger partial charge in [0, 0.05) is 22.8 Å². The molecule has 0 aromatic rings. The molecule has 3 rings (SSSR count). The van der Waals surface area contributed by atoms with Crippen molar-refractivity contribution in [3.8, 4) is 0 Å². The molecule has 0 spiro atoms. The van der Waals surface area contributed by atoms with Crippen LogP contribution in [-0.2, 0) is 9.53 Å². The van der Waals surface area contributed by atoms with Gasteiger partial charge in [-0.2, -0.15) is 0 Å². The van der Waals surface area contributed by atoms with Gasteiger partial charge in [-0.15, -0.1) is 0 Å². The summed E-state index contributed by atoms with van der Waals surface area (Å²) in [7, 11) is 0. The molecule has 0 aromatic carbocycles. The van der Waals surface area contributed by atoms with E-state index >= 15 is 0 Å². The molecule has 1 heterocycles. The van der Waals surface area contributed by atoms with Crippen LogP contribution < -0.4 is 0 Å². The van der Waals surface area contributed by atoms with Gasteiger partial charge in [0.2, 0.25) is 0 Å². The van der Waals surface area contributed by atoms with Crippen LogP contribution in [0.3, 0.4) is 0 Å². The summed E-state index contributed by atoms with van der Waals surface area (Å²) in [5.74, 6) is 0.0366. The molecule has 3 heteroatoms. The van der Waals surface area contributed by atoms with Crippen molar-refractivity contribution in [3.63, 3.8) is 0 Å². The van der Waals surface area contributed by atoms with E-state index in [1.54, 1.807) is 0 Å². The fraction of sp³-hybridized carbons (Fsp3) is 0.667. The van der Waals surface area contributed by atoms with Gasteiger partial charge in [-0.3, -0.25) is 0 Å². The lowest BCUT2D eigenvalue weighted by Crippen LogP contribution is -2.52. The molecule has 98 valence electrons. The average molecular weight is 248 g/mol. The number of hydrogen-bond donors (Lipinski definition) is 1. The SMILES string of the molecule is C=C1C(=O)O[C@H]2[C@@H]1CC[C@@]1(C)[C@H](O)CC=C(C)[C@H]21. The van der Waals surface area contributed by atoms with Crippen LogP contribution in [0.4, 0.5) is 0 Å². The van der Waals surface area contributed by atoms with Crippen LogP contribution in [0, 0.1) is 17.3 Å². The lowest BCUT2D eigenvalue weighted by molar-refractivity contribution is -0.149. The maximum atomic E-state index is 11.7. The molecule has 2 fully saturated rings. The smallest absolute Gasteiger partial charge is 0.334 e. The number of hydrogen-bond acceptors (Lipinski definition) is 3. The highest BCUT2D eigenvalue weighted by atomic mass is 16.6. The van der Waals surface area contributed by atoms with Gasteiger partial charge in [0.05, 0.1) is 6.10 Å². The Balaban J connectivity index is 2.03. The van der Waals surface area contributed by atoms with Crippen LogP contribution in [0.15, 0.2) is 23.8 Å². The Labute approximate surface area is 108 Å². The van der Waals surface area contributed by atoms with Gasteiger partial charge in [0.15, 0.2) is 0 Å². The van der Waals surface area contributed by atoms with Gasteiger partial charge in [-0.25, -0.2) is 4.79 Å². The molecule has 3 aliphatic rings. The predicted molar refractivity (Wildman–Crippen MR) is 67.7 cm³/mol. The molecule has 0 radical (unpaired) electrons. The quantitative estimate of drug-likeness (QED) is 0.406. The summed E-state index contributed by atoms with van der Waals surface area (Å²) in [6, 6.07) is 0. The van der Waals surface area contributed by atoms with Crippen LogP contribution in [-0.4, -0.2) is 23.3 Å². The Morgan fingerprint density at radius 3 is 3.00 bits per heavy atom. The summed E-state index contributed by atoms with van der Waals surface area (Å²) in [5.41, 5.74) is 1.71. The van der Waals surface area contributed by atoms with Crippen molar-refractivity contribution >= 4 is 5.97 Å². The Morgan fingerprint density at radius 1 is 1.56 bits per heavy atom. The highest BCUT2D eigenvalue weighted by Crippen LogP contribution is 2.56. The largest absolute Gasteiger partial charge is 0.458 e. The Morgan fingerprint density at radius 2 is 2.28 bits per heavy atom. The summed E-state index contributed by atoms with van der Waals surface area (Å²) in [5, 5.41) is 10.3. The molecule has 3 nitrogen and oxygen atoms in total. The summed E-state index contributed by atoms with van der Waals surface area (Å²) in [6.45, 7) is 8.09. The molecule has 5 atom stereocenters. The standard InChI is InChI=1S/C15H20O3/c1-8-4-5-11(16)15(3)7-6-10-9(2)14(17)18-13(10)12(8)15/h4,10-13,16H,2,5-7H2,1,3H3/t10-,11-,12-,13+,15+/m1/s1. The highest BCUT2D eigenvalue weighted by molar-refractivity contribution is 5.91. The van der Waals surface area contributed by atoms with Crippen LogP contribution in [0.25, 0.3) is 0 Å². The first-order valence-corrected chi connectivity index (χ1v) is 6.69. The third kappa shape index (κ3) is 1.37. The molecule has 0 bridgehead atoms. The van der Waals surface area contributed by atoms with Crippen molar-refractivity contribution < 1.29 is 14.6 Å². The van der Waals surface area contributed by atoms with Crippen molar-refractivity contribution in [2.24, 2.45) is 17.3 Å². The number of aliphatic hydroxyl groups is 1. The van der Waals surface area contributed by atoms with Gasteiger partial charge in [-0.1, -0.05) is 25.2 Å². The number of aliphatic hydroxyl groups excluding tert-OH is 1. The summed E-state index contributed by atoms with van der Waals surface area (Å²) < 4.78 is 5.54. The minimum Gasteiger partial charge on any atom is -0.458 e. The number of ether oxygens (including phenoxy) is 1. The van der Waals surface area contributed by atoms with Crippen molar-refractivity contribution in [1.82, 2.24) is 0 Å². The molecule has 0 aromatic heterocycles. The molecule has 1 N–H and O–H groups in total. The average Bonchev–Trinajstić information content (AvgIpc) is 2.60. The molecule has 2 aliphatic carbocycles. The van der Waals surface area contributed by atoms with E-state index in [-0.39, 0.29) is 35.4 Å². The zero-order chi connectivity index (χ0) is 13.1. The molecule has 1 saturated heterocycles. The third-order valence-electron chi connectivity index (χ3n) is 5.30. The fourth-order valence-electron chi connectivity index (χ4n) is 4.11. The van der Waals surface area contributed by atoms with Crippen molar-refractivity contribution in [2.75, 3.05) is 0 Å². The van der Waals surface area contributed by atoms with E-state index in [2.05, 4.69) is 26.5 Å². The lowest BCUT2D eigenvalue weighted by atomic mass is 9.55. The van der Waals surface area contributed by atoms with Gasteiger partial charge >= 0.3 is 5.97 Å². The molecule has 1 aliphatic heterocycles. The number of rotatable bonds is 0. The second kappa shape index (κ2) is 3.70. The maximum Gasteiger partial charge on any atom is 0.334 e. The van der Waals surface area contributed by atoms with Gasteiger partial charge in [0.1, 0.15) is 6.10 Å². The lowest BCUT2D eigenvalue weighted by Gasteiger charge is -2.51. The molecular formula is C15H20O3. The zero-order valence-electron chi connectivity index (χ0n) is 11.0. The Bertz CT molecular complexity index is 451. The van der Waals surface area contributed by atoms with Gasteiger partial charge in [0.25, 0.3) is 0 Å². The first-order valence-electron chi connectivity index (χ1n) is 6.69. The molecule has 1 saturated carbocycles. The van der Waals surface area contributed by atoms with E-state index < -0.39 is 0 Å². The minimum atomic E-state index is -0.334. The number of carbonyl (C=O) groups is 1. The monoisotopic (exact) mass is 248 g/mol. The molecule has 0 unspecified atom stereocenters. The van der Waals surface area contributed by atoms with Crippen LogP contribution in [0.5, 0.6) is 0 Å². The second-order valence-electron chi connectivity index (χ2n) is 6.22. The summed E-state index contributed by atoms with van der Waals surface area (Å²) in [4.78, 5) is 11.7. The normalized spacial score (nSPS) is 47.2. The minimum absolute atomic E-state index is 0.116. The van der Waals surface area contributed by atoms with Crippen LogP contribution in [0.2, 0.25) is 0 Å². The molecular weight excluding hydrogens is 228 g/mol.